The van der Waals surface area contributed by atoms with Crippen LogP contribution < -0.4 is 5.73 Å². The Morgan fingerprint density at radius 3 is 2.73 bits per heavy atom. The number of nitrogens with two attached hydrogens (primary N) is 1. The molecule has 0 unspecified atom stereocenters. The summed E-state index contributed by atoms with van der Waals surface area (Å²) < 4.78 is 5.12. The molecule has 0 bridgehead atoms. The number of hydrogen-bond acceptors (Lipinski definition) is 2. The lowest BCUT2D eigenvalue weighted by molar-refractivity contribution is -0.114. The molecule has 0 aromatic carbocycles. The van der Waals surface area contributed by atoms with Crippen molar-refractivity contribution in [2.24, 2.45) is 5.73 Å². The molecule has 0 aliphatic heterocycles. The third-order valence-electron chi connectivity index (χ3n) is 1.24. The van der Waals surface area contributed by atoms with Crippen molar-refractivity contribution < 1.29 is 9.53 Å². The summed E-state index contributed by atoms with van der Waals surface area (Å²) >= 11 is 0. The average Bonchev–Trinajstić information content (AvgIpc) is 1.97. The molecule has 0 saturated heterocycles. The Kier molecular flexibility index (Phi) is 5.47. The number of primary amides is 1. The first kappa shape index (κ1) is 10.2. The highest BCUT2D eigenvalue weighted by atomic mass is 16.5. The Hall–Kier alpha value is -0.830. The van der Waals surface area contributed by atoms with Crippen LogP contribution in [0, 0.1) is 0 Å². The van der Waals surface area contributed by atoms with E-state index in [9.17, 15) is 4.79 Å². The van der Waals surface area contributed by atoms with Crippen molar-refractivity contribution in [3.05, 3.63) is 11.6 Å². The number of hydrogen-bond donors (Lipinski definition) is 1. The minimum Gasteiger partial charge on any atom is -0.377 e. The molecule has 0 fully saturated rings. The number of carbonyl (C=O) groups is 1. The van der Waals surface area contributed by atoms with Crippen molar-refractivity contribution in [3.63, 3.8) is 0 Å². The SMILES string of the molecule is CCCOCC=C(C)C(N)=O. The quantitative estimate of drug-likeness (QED) is 0.475. The van der Waals surface area contributed by atoms with Gasteiger partial charge in [0.15, 0.2) is 0 Å². The average molecular weight is 157 g/mol. The van der Waals surface area contributed by atoms with Gasteiger partial charge in [-0.1, -0.05) is 13.0 Å². The highest BCUT2D eigenvalue weighted by molar-refractivity contribution is 5.91. The second-order valence-corrected chi connectivity index (χ2v) is 2.33. The molecule has 0 rings (SSSR count). The molecular formula is C8H15NO2. The summed E-state index contributed by atoms with van der Waals surface area (Å²) in [4.78, 5) is 10.5. The van der Waals surface area contributed by atoms with Crippen molar-refractivity contribution in [2.75, 3.05) is 13.2 Å². The third-order valence-corrected chi connectivity index (χ3v) is 1.24. The van der Waals surface area contributed by atoms with Crippen LogP contribution in [0.3, 0.4) is 0 Å². The molecule has 0 aliphatic carbocycles. The lowest BCUT2D eigenvalue weighted by Crippen LogP contribution is -2.12. The van der Waals surface area contributed by atoms with Crippen LogP contribution in [-0.4, -0.2) is 19.1 Å². The second kappa shape index (κ2) is 5.92. The van der Waals surface area contributed by atoms with Gasteiger partial charge < -0.3 is 10.5 Å². The van der Waals surface area contributed by atoms with E-state index in [-0.39, 0.29) is 5.91 Å². The first-order valence-electron chi connectivity index (χ1n) is 3.72. The summed E-state index contributed by atoms with van der Waals surface area (Å²) in [5.41, 5.74) is 5.54. The molecule has 64 valence electrons. The maximum Gasteiger partial charge on any atom is 0.244 e. The predicted octanol–water partition coefficient (Wildman–Crippen LogP) is 0.845. The topological polar surface area (TPSA) is 52.3 Å². The lowest BCUT2D eigenvalue weighted by atomic mass is 10.3. The van der Waals surface area contributed by atoms with Gasteiger partial charge in [-0.05, 0) is 13.3 Å². The summed E-state index contributed by atoms with van der Waals surface area (Å²) in [5.74, 6) is -0.384. The highest BCUT2D eigenvalue weighted by Gasteiger charge is 1.94. The van der Waals surface area contributed by atoms with Gasteiger partial charge in [0.05, 0.1) is 6.61 Å². The van der Waals surface area contributed by atoms with E-state index >= 15 is 0 Å². The maximum atomic E-state index is 10.5. The minimum absolute atomic E-state index is 0.384. The number of amides is 1. The van der Waals surface area contributed by atoms with Gasteiger partial charge in [-0.2, -0.15) is 0 Å². The van der Waals surface area contributed by atoms with E-state index in [1.807, 2.05) is 6.92 Å². The Balaban J connectivity index is 3.48. The standard InChI is InChI=1S/C8H15NO2/c1-3-5-11-6-4-7(2)8(9)10/h4H,3,5-6H2,1-2H3,(H2,9,10). The summed E-state index contributed by atoms with van der Waals surface area (Å²) in [6, 6.07) is 0. The summed E-state index contributed by atoms with van der Waals surface area (Å²) in [6.07, 6.45) is 2.68. The van der Waals surface area contributed by atoms with Gasteiger partial charge in [-0.15, -0.1) is 0 Å². The minimum atomic E-state index is -0.384. The second-order valence-electron chi connectivity index (χ2n) is 2.33. The maximum absolute atomic E-state index is 10.5. The van der Waals surface area contributed by atoms with Gasteiger partial charge in [0.2, 0.25) is 5.91 Å². The van der Waals surface area contributed by atoms with E-state index in [0.717, 1.165) is 13.0 Å². The largest absolute Gasteiger partial charge is 0.377 e. The molecule has 0 heterocycles. The van der Waals surface area contributed by atoms with Crippen LogP contribution in [0.1, 0.15) is 20.3 Å². The zero-order valence-electron chi connectivity index (χ0n) is 7.09. The van der Waals surface area contributed by atoms with E-state index in [4.69, 9.17) is 10.5 Å². The fourth-order valence-electron chi connectivity index (χ4n) is 0.512. The molecule has 0 saturated carbocycles. The van der Waals surface area contributed by atoms with E-state index < -0.39 is 0 Å². The summed E-state index contributed by atoms with van der Waals surface area (Å²) in [5, 5.41) is 0. The van der Waals surface area contributed by atoms with Gasteiger partial charge in [-0.3, -0.25) is 4.79 Å². The van der Waals surface area contributed by atoms with Gasteiger partial charge in [0.25, 0.3) is 0 Å². The van der Waals surface area contributed by atoms with Crippen LogP contribution >= 0.6 is 0 Å². The highest BCUT2D eigenvalue weighted by Crippen LogP contribution is 1.90. The van der Waals surface area contributed by atoms with Gasteiger partial charge >= 0.3 is 0 Å². The molecule has 2 N–H and O–H groups in total. The van der Waals surface area contributed by atoms with Gasteiger partial charge in [0, 0.05) is 12.2 Å². The molecule has 0 radical (unpaired) electrons. The van der Waals surface area contributed by atoms with Crippen LogP contribution in [0.4, 0.5) is 0 Å². The van der Waals surface area contributed by atoms with Crippen LogP contribution in [0.5, 0.6) is 0 Å². The zero-order chi connectivity index (χ0) is 8.69. The van der Waals surface area contributed by atoms with Crippen LogP contribution in [0.15, 0.2) is 11.6 Å². The molecule has 0 aromatic heterocycles. The summed E-state index contributed by atoms with van der Waals surface area (Å²) in [7, 11) is 0. The molecular weight excluding hydrogens is 142 g/mol. The fourth-order valence-corrected chi connectivity index (χ4v) is 0.512. The first-order valence-corrected chi connectivity index (χ1v) is 3.72. The van der Waals surface area contributed by atoms with Gasteiger partial charge in [-0.25, -0.2) is 0 Å². The van der Waals surface area contributed by atoms with E-state index in [0.29, 0.717) is 12.2 Å². The van der Waals surface area contributed by atoms with E-state index in [1.165, 1.54) is 0 Å². The Morgan fingerprint density at radius 2 is 2.27 bits per heavy atom. The molecule has 0 aromatic rings. The Bertz CT molecular complexity index is 152. The Labute approximate surface area is 67.2 Å². The Morgan fingerprint density at radius 1 is 1.64 bits per heavy atom. The van der Waals surface area contributed by atoms with Crippen molar-refractivity contribution in [1.29, 1.82) is 0 Å². The number of carbonyl (C=O) groups excluding carboxylic acids is 1. The lowest BCUT2D eigenvalue weighted by Gasteiger charge is -1.97. The van der Waals surface area contributed by atoms with Crippen LogP contribution in [0.25, 0.3) is 0 Å². The monoisotopic (exact) mass is 157 g/mol. The molecule has 0 atom stereocenters. The van der Waals surface area contributed by atoms with E-state index in [2.05, 4.69) is 0 Å². The van der Waals surface area contributed by atoms with Crippen molar-refractivity contribution in [2.45, 2.75) is 20.3 Å². The van der Waals surface area contributed by atoms with Gasteiger partial charge in [0.1, 0.15) is 0 Å². The van der Waals surface area contributed by atoms with Crippen molar-refractivity contribution in [3.8, 4) is 0 Å². The van der Waals surface area contributed by atoms with E-state index in [1.54, 1.807) is 13.0 Å². The summed E-state index contributed by atoms with van der Waals surface area (Å²) in [6.45, 7) is 4.91. The molecule has 0 spiro atoms. The fraction of sp³-hybridized carbons (Fsp3) is 0.625. The van der Waals surface area contributed by atoms with Crippen molar-refractivity contribution >= 4 is 5.91 Å². The van der Waals surface area contributed by atoms with Crippen LogP contribution in [-0.2, 0) is 9.53 Å². The molecule has 3 heteroatoms. The third kappa shape index (κ3) is 5.61. The smallest absolute Gasteiger partial charge is 0.244 e. The molecule has 0 aliphatic rings. The number of ether oxygens (including phenoxy) is 1. The molecule has 1 amide bonds. The number of rotatable bonds is 5. The zero-order valence-corrected chi connectivity index (χ0v) is 7.09. The van der Waals surface area contributed by atoms with Crippen LogP contribution in [0.2, 0.25) is 0 Å². The predicted molar refractivity (Wildman–Crippen MR) is 44.1 cm³/mol. The molecule has 11 heavy (non-hydrogen) atoms. The first-order chi connectivity index (χ1) is 5.18. The normalized spacial score (nSPS) is 11.6. The van der Waals surface area contributed by atoms with Crippen molar-refractivity contribution in [1.82, 2.24) is 0 Å². The molecule has 3 nitrogen and oxygen atoms in total.